The average Bonchev–Trinajstić information content (AvgIpc) is 2.52. The fourth-order valence-electron chi connectivity index (χ4n) is 2.30. The molecule has 22 heavy (non-hydrogen) atoms. The zero-order valence-electron chi connectivity index (χ0n) is 12.7. The number of carboxylic acid groups (broad SMARTS) is 1. The van der Waals surface area contributed by atoms with E-state index in [0.29, 0.717) is 24.8 Å². The van der Waals surface area contributed by atoms with Crippen LogP contribution in [0.25, 0.3) is 11.1 Å². The third-order valence-corrected chi connectivity index (χ3v) is 3.64. The van der Waals surface area contributed by atoms with Gasteiger partial charge in [-0.3, -0.25) is 9.59 Å². The minimum Gasteiger partial charge on any atom is -0.481 e. The molecule has 0 aliphatic rings. The summed E-state index contributed by atoms with van der Waals surface area (Å²) < 4.78 is 0. The molecule has 1 N–H and O–H groups in total. The Bertz CT molecular complexity index is 639. The van der Waals surface area contributed by atoms with Crippen LogP contribution >= 0.6 is 0 Å². The molecule has 2 aromatic rings. The molecule has 0 atom stereocenters. The van der Waals surface area contributed by atoms with Crippen molar-refractivity contribution in [2.24, 2.45) is 0 Å². The van der Waals surface area contributed by atoms with E-state index in [2.05, 4.69) is 31.2 Å². The van der Waals surface area contributed by atoms with Crippen molar-refractivity contribution in [2.45, 2.75) is 32.6 Å². The van der Waals surface area contributed by atoms with E-state index in [9.17, 15) is 9.59 Å². The number of aryl methyl sites for hydroxylation is 1. The van der Waals surface area contributed by atoms with Crippen molar-refractivity contribution in [3.8, 4) is 11.1 Å². The predicted octanol–water partition coefficient (Wildman–Crippen LogP) is 4.49. The Labute approximate surface area is 130 Å². The van der Waals surface area contributed by atoms with Gasteiger partial charge in [-0.1, -0.05) is 54.1 Å². The summed E-state index contributed by atoms with van der Waals surface area (Å²) in [5, 5.41) is 8.57. The van der Waals surface area contributed by atoms with E-state index < -0.39 is 5.97 Å². The monoisotopic (exact) mass is 296 g/mol. The van der Waals surface area contributed by atoms with Crippen LogP contribution in [0.15, 0.2) is 48.5 Å². The summed E-state index contributed by atoms with van der Waals surface area (Å²) in [4.78, 5) is 22.5. The maximum atomic E-state index is 12.0. The molecular weight excluding hydrogens is 276 g/mol. The van der Waals surface area contributed by atoms with E-state index in [0.717, 1.165) is 11.1 Å². The first kappa shape index (κ1) is 16.0. The van der Waals surface area contributed by atoms with Crippen LogP contribution in [0.4, 0.5) is 0 Å². The number of Topliss-reactive ketones (excluding diaryl/α,β-unsaturated/α-hetero) is 1. The molecule has 2 aromatic carbocycles. The van der Waals surface area contributed by atoms with Gasteiger partial charge in [0.05, 0.1) is 0 Å². The molecule has 0 spiro atoms. The van der Waals surface area contributed by atoms with E-state index in [1.807, 2.05) is 24.3 Å². The summed E-state index contributed by atoms with van der Waals surface area (Å²) in [6.45, 7) is 2.05. The Morgan fingerprint density at radius 2 is 1.32 bits per heavy atom. The molecule has 114 valence electrons. The highest BCUT2D eigenvalue weighted by atomic mass is 16.4. The number of hydrogen-bond donors (Lipinski definition) is 1. The van der Waals surface area contributed by atoms with Crippen LogP contribution in [-0.4, -0.2) is 16.9 Å². The zero-order chi connectivity index (χ0) is 15.9. The Kier molecular flexibility index (Phi) is 5.48. The number of carboxylic acids is 1. The summed E-state index contributed by atoms with van der Waals surface area (Å²) >= 11 is 0. The van der Waals surface area contributed by atoms with Gasteiger partial charge in [0.1, 0.15) is 0 Å². The number of unbranched alkanes of at least 4 members (excludes halogenated alkanes) is 1. The van der Waals surface area contributed by atoms with Crippen LogP contribution in [-0.2, 0) is 4.79 Å². The van der Waals surface area contributed by atoms with Gasteiger partial charge in [-0.05, 0) is 30.9 Å². The van der Waals surface area contributed by atoms with Crippen molar-refractivity contribution in [1.29, 1.82) is 0 Å². The SMILES string of the molecule is Cc1ccc(-c2ccc(C(=O)CCCCC(=O)O)cc2)cc1. The van der Waals surface area contributed by atoms with Crippen molar-refractivity contribution in [3.63, 3.8) is 0 Å². The van der Waals surface area contributed by atoms with E-state index >= 15 is 0 Å². The quantitative estimate of drug-likeness (QED) is 0.605. The minimum atomic E-state index is -0.810. The first-order valence-electron chi connectivity index (χ1n) is 7.48. The van der Waals surface area contributed by atoms with Crippen LogP contribution in [0.5, 0.6) is 0 Å². The molecule has 3 heteroatoms. The zero-order valence-corrected chi connectivity index (χ0v) is 12.7. The fourth-order valence-corrected chi connectivity index (χ4v) is 2.30. The summed E-state index contributed by atoms with van der Waals surface area (Å²) in [6.07, 6.45) is 1.68. The van der Waals surface area contributed by atoms with Gasteiger partial charge in [-0.15, -0.1) is 0 Å². The van der Waals surface area contributed by atoms with Gasteiger partial charge in [0.25, 0.3) is 0 Å². The highest BCUT2D eigenvalue weighted by molar-refractivity contribution is 5.96. The van der Waals surface area contributed by atoms with Crippen molar-refractivity contribution in [2.75, 3.05) is 0 Å². The number of carbonyl (C=O) groups excluding carboxylic acids is 1. The lowest BCUT2D eigenvalue weighted by atomic mass is 9.99. The molecule has 0 unspecified atom stereocenters. The van der Waals surface area contributed by atoms with E-state index in [4.69, 9.17) is 5.11 Å². The molecule has 0 radical (unpaired) electrons. The number of carbonyl (C=O) groups is 2. The number of ketones is 1. The number of rotatable bonds is 7. The Balaban J connectivity index is 1.95. The first-order valence-corrected chi connectivity index (χ1v) is 7.48. The standard InChI is InChI=1S/C19H20O3/c1-14-6-8-15(9-7-14)16-10-12-17(13-11-16)18(20)4-2-3-5-19(21)22/h6-13H,2-5H2,1H3,(H,21,22). The highest BCUT2D eigenvalue weighted by Crippen LogP contribution is 2.21. The van der Waals surface area contributed by atoms with Crippen LogP contribution in [0.3, 0.4) is 0 Å². The van der Waals surface area contributed by atoms with Crippen LogP contribution in [0, 0.1) is 6.92 Å². The maximum Gasteiger partial charge on any atom is 0.303 e. The van der Waals surface area contributed by atoms with Crippen molar-refractivity contribution in [1.82, 2.24) is 0 Å². The summed E-state index contributed by atoms with van der Waals surface area (Å²) in [6, 6.07) is 15.9. The third-order valence-electron chi connectivity index (χ3n) is 3.64. The lowest BCUT2D eigenvalue weighted by Gasteiger charge is -2.05. The third kappa shape index (κ3) is 4.55. The van der Waals surface area contributed by atoms with Gasteiger partial charge in [0.15, 0.2) is 5.78 Å². The largest absolute Gasteiger partial charge is 0.481 e. The molecule has 0 heterocycles. The second kappa shape index (κ2) is 7.55. The Morgan fingerprint density at radius 1 is 0.818 bits per heavy atom. The number of aliphatic carboxylic acids is 1. The molecule has 0 aliphatic carbocycles. The van der Waals surface area contributed by atoms with Gasteiger partial charge in [-0.25, -0.2) is 0 Å². The Hall–Kier alpha value is -2.42. The normalized spacial score (nSPS) is 10.4. The van der Waals surface area contributed by atoms with Gasteiger partial charge >= 0.3 is 5.97 Å². The molecule has 0 saturated heterocycles. The lowest BCUT2D eigenvalue weighted by molar-refractivity contribution is -0.137. The summed E-state index contributed by atoms with van der Waals surface area (Å²) in [7, 11) is 0. The molecule has 2 rings (SSSR count). The van der Waals surface area contributed by atoms with Crippen LogP contribution in [0.1, 0.15) is 41.6 Å². The highest BCUT2D eigenvalue weighted by Gasteiger charge is 2.07. The molecule has 0 amide bonds. The molecule has 0 aliphatic heterocycles. The molecular formula is C19H20O3. The van der Waals surface area contributed by atoms with Crippen molar-refractivity contribution < 1.29 is 14.7 Å². The van der Waals surface area contributed by atoms with Gasteiger partial charge in [0, 0.05) is 18.4 Å². The van der Waals surface area contributed by atoms with Crippen molar-refractivity contribution in [3.05, 3.63) is 59.7 Å². The van der Waals surface area contributed by atoms with Gasteiger partial charge < -0.3 is 5.11 Å². The number of benzene rings is 2. The van der Waals surface area contributed by atoms with Crippen LogP contribution < -0.4 is 0 Å². The van der Waals surface area contributed by atoms with Crippen LogP contribution in [0.2, 0.25) is 0 Å². The van der Waals surface area contributed by atoms with Gasteiger partial charge in [0.2, 0.25) is 0 Å². The number of hydrogen-bond acceptors (Lipinski definition) is 2. The Morgan fingerprint density at radius 3 is 1.86 bits per heavy atom. The average molecular weight is 296 g/mol. The molecule has 0 fully saturated rings. The van der Waals surface area contributed by atoms with Gasteiger partial charge in [-0.2, -0.15) is 0 Å². The smallest absolute Gasteiger partial charge is 0.303 e. The van der Waals surface area contributed by atoms with E-state index in [1.54, 1.807) is 0 Å². The maximum absolute atomic E-state index is 12.0. The molecule has 0 aromatic heterocycles. The topological polar surface area (TPSA) is 54.4 Å². The second-order valence-corrected chi connectivity index (χ2v) is 5.47. The molecule has 0 bridgehead atoms. The molecule has 0 saturated carbocycles. The first-order chi connectivity index (χ1) is 10.6. The minimum absolute atomic E-state index is 0.0702. The van der Waals surface area contributed by atoms with E-state index in [1.165, 1.54) is 5.56 Å². The molecule has 3 nitrogen and oxygen atoms in total. The second-order valence-electron chi connectivity index (χ2n) is 5.47. The fraction of sp³-hybridized carbons (Fsp3) is 0.263. The predicted molar refractivity (Wildman–Crippen MR) is 87.0 cm³/mol. The van der Waals surface area contributed by atoms with Crippen molar-refractivity contribution >= 4 is 11.8 Å². The summed E-state index contributed by atoms with van der Waals surface area (Å²) in [5.74, 6) is -0.740. The lowest BCUT2D eigenvalue weighted by Crippen LogP contribution is -2.00. The summed E-state index contributed by atoms with van der Waals surface area (Å²) in [5.41, 5.74) is 4.12. The van der Waals surface area contributed by atoms with E-state index in [-0.39, 0.29) is 12.2 Å².